The van der Waals surface area contributed by atoms with Crippen molar-refractivity contribution in [3.05, 3.63) is 21.9 Å². The lowest BCUT2D eigenvalue weighted by Crippen LogP contribution is -2.33. The first-order chi connectivity index (χ1) is 8.42. The van der Waals surface area contributed by atoms with E-state index >= 15 is 0 Å². The molecule has 0 aliphatic rings. The van der Waals surface area contributed by atoms with Crippen LogP contribution in [0.5, 0.6) is 0 Å². The zero-order valence-corrected chi connectivity index (χ0v) is 12.6. The van der Waals surface area contributed by atoms with Crippen LogP contribution in [0.3, 0.4) is 0 Å². The number of aliphatic hydroxyl groups is 1. The summed E-state index contributed by atoms with van der Waals surface area (Å²) >= 11 is 1.77. The van der Waals surface area contributed by atoms with Crippen LogP contribution in [0.2, 0.25) is 0 Å². The molecule has 0 spiro atoms. The molecule has 104 valence electrons. The fraction of sp³-hybridized carbons (Fsp3) is 0.714. The summed E-state index contributed by atoms with van der Waals surface area (Å²) in [6.07, 6.45) is 0.616. The average Bonchev–Trinajstić information content (AvgIpc) is 2.73. The Kier molecular flexibility index (Phi) is 6.29. The first-order valence-corrected chi connectivity index (χ1v) is 7.38. The van der Waals surface area contributed by atoms with Gasteiger partial charge >= 0.3 is 0 Å². The molecule has 0 aromatic carbocycles. The predicted molar refractivity (Wildman–Crippen MR) is 77.1 cm³/mol. The van der Waals surface area contributed by atoms with Gasteiger partial charge in [-0.3, -0.25) is 0 Å². The van der Waals surface area contributed by atoms with E-state index in [0.717, 1.165) is 13.0 Å². The van der Waals surface area contributed by atoms with Crippen LogP contribution in [0.15, 0.2) is 11.4 Å². The van der Waals surface area contributed by atoms with Gasteiger partial charge in [0.1, 0.15) is 0 Å². The van der Waals surface area contributed by atoms with Gasteiger partial charge in [-0.05, 0) is 44.2 Å². The third-order valence-corrected chi connectivity index (χ3v) is 3.56. The van der Waals surface area contributed by atoms with Crippen molar-refractivity contribution in [3.63, 3.8) is 0 Å². The van der Waals surface area contributed by atoms with Gasteiger partial charge in [-0.25, -0.2) is 0 Å². The smallest absolute Gasteiger partial charge is 0.0898 e. The minimum atomic E-state index is -0.450. The maximum absolute atomic E-state index is 9.78. The number of aryl methyl sites for hydroxylation is 1. The van der Waals surface area contributed by atoms with Crippen LogP contribution in [0.25, 0.3) is 0 Å². The number of thiophene rings is 1. The van der Waals surface area contributed by atoms with Crippen molar-refractivity contribution >= 4 is 11.3 Å². The molecule has 1 unspecified atom stereocenters. The Bertz CT molecular complexity index is 344. The van der Waals surface area contributed by atoms with Crippen LogP contribution in [0.4, 0.5) is 0 Å². The molecule has 1 heterocycles. The standard InChI is InChI=1S/C14H25NO2S/c1-5-11-6-7-18-13(11)9-15-8-12(16)10-17-14(2,3)4/h6-7,12,15-16H,5,8-10H2,1-4H3. The molecule has 0 aliphatic heterocycles. The van der Waals surface area contributed by atoms with E-state index in [-0.39, 0.29) is 5.60 Å². The summed E-state index contributed by atoms with van der Waals surface area (Å²) in [5, 5.41) is 15.2. The highest BCUT2D eigenvalue weighted by Crippen LogP contribution is 2.16. The summed E-state index contributed by atoms with van der Waals surface area (Å²) < 4.78 is 5.54. The molecule has 1 aromatic rings. The monoisotopic (exact) mass is 271 g/mol. The molecule has 4 heteroatoms. The normalized spacial score (nSPS) is 13.8. The van der Waals surface area contributed by atoms with Crippen molar-refractivity contribution in [1.29, 1.82) is 0 Å². The van der Waals surface area contributed by atoms with E-state index < -0.39 is 6.10 Å². The Labute approximate surface area is 114 Å². The van der Waals surface area contributed by atoms with Crippen LogP contribution in [0, 0.1) is 0 Å². The molecule has 3 nitrogen and oxygen atoms in total. The van der Waals surface area contributed by atoms with Crippen molar-refractivity contribution in [2.24, 2.45) is 0 Å². The van der Waals surface area contributed by atoms with Crippen molar-refractivity contribution in [3.8, 4) is 0 Å². The van der Waals surface area contributed by atoms with Crippen molar-refractivity contribution in [1.82, 2.24) is 5.32 Å². The van der Waals surface area contributed by atoms with Gasteiger partial charge in [-0.1, -0.05) is 6.92 Å². The summed E-state index contributed by atoms with van der Waals surface area (Å²) in [6, 6.07) is 2.17. The fourth-order valence-electron chi connectivity index (χ4n) is 1.59. The van der Waals surface area contributed by atoms with Crippen LogP contribution in [0.1, 0.15) is 38.1 Å². The molecular weight excluding hydrogens is 246 g/mol. The molecule has 1 aromatic heterocycles. The maximum Gasteiger partial charge on any atom is 0.0898 e. The Morgan fingerprint density at radius 2 is 2.17 bits per heavy atom. The summed E-state index contributed by atoms with van der Waals surface area (Å²) in [6.45, 7) is 9.91. The SMILES string of the molecule is CCc1ccsc1CNCC(O)COC(C)(C)C. The van der Waals surface area contributed by atoms with Gasteiger partial charge in [0, 0.05) is 18.0 Å². The highest BCUT2D eigenvalue weighted by Gasteiger charge is 2.13. The molecule has 0 saturated heterocycles. The number of rotatable bonds is 7. The first-order valence-electron chi connectivity index (χ1n) is 6.50. The maximum atomic E-state index is 9.78. The molecule has 1 atom stereocenters. The van der Waals surface area contributed by atoms with E-state index in [4.69, 9.17) is 4.74 Å². The molecular formula is C14H25NO2S. The lowest BCUT2D eigenvalue weighted by atomic mass is 10.2. The number of nitrogens with one attached hydrogen (secondary N) is 1. The second kappa shape index (κ2) is 7.24. The van der Waals surface area contributed by atoms with Crippen molar-refractivity contribution in [2.75, 3.05) is 13.2 Å². The summed E-state index contributed by atoms with van der Waals surface area (Å²) in [5.74, 6) is 0. The molecule has 18 heavy (non-hydrogen) atoms. The summed E-state index contributed by atoms with van der Waals surface area (Å²) in [7, 11) is 0. The molecule has 0 amide bonds. The van der Waals surface area contributed by atoms with E-state index in [1.807, 2.05) is 20.8 Å². The van der Waals surface area contributed by atoms with Gasteiger partial charge in [0.15, 0.2) is 0 Å². The minimum absolute atomic E-state index is 0.190. The first kappa shape index (κ1) is 15.6. The zero-order valence-electron chi connectivity index (χ0n) is 11.8. The molecule has 0 aliphatic carbocycles. The van der Waals surface area contributed by atoms with E-state index in [0.29, 0.717) is 13.2 Å². The average molecular weight is 271 g/mol. The lowest BCUT2D eigenvalue weighted by Gasteiger charge is -2.22. The van der Waals surface area contributed by atoms with Crippen LogP contribution >= 0.6 is 11.3 Å². The highest BCUT2D eigenvalue weighted by molar-refractivity contribution is 7.10. The van der Waals surface area contributed by atoms with E-state index in [1.165, 1.54) is 10.4 Å². The molecule has 0 saturated carbocycles. The number of hydrogen-bond donors (Lipinski definition) is 2. The van der Waals surface area contributed by atoms with Gasteiger partial charge in [0.2, 0.25) is 0 Å². The van der Waals surface area contributed by atoms with E-state index in [9.17, 15) is 5.11 Å². The van der Waals surface area contributed by atoms with Crippen molar-refractivity contribution in [2.45, 2.75) is 52.4 Å². The van der Waals surface area contributed by atoms with Crippen LogP contribution in [-0.2, 0) is 17.7 Å². The molecule has 0 fully saturated rings. The Morgan fingerprint density at radius 3 is 2.78 bits per heavy atom. The van der Waals surface area contributed by atoms with Gasteiger partial charge in [0.05, 0.1) is 18.3 Å². The molecule has 0 radical (unpaired) electrons. The lowest BCUT2D eigenvalue weighted by molar-refractivity contribution is -0.0479. The van der Waals surface area contributed by atoms with Crippen LogP contribution in [-0.4, -0.2) is 30.0 Å². The van der Waals surface area contributed by atoms with E-state index in [1.54, 1.807) is 11.3 Å². The highest BCUT2D eigenvalue weighted by atomic mass is 32.1. The Morgan fingerprint density at radius 1 is 1.44 bits per heavy atom. The third-order valence-electron chi connectivity index (χ3n) is 2.59. The van der Waals surface area contributed by atoms with E-state index in [2.05, 4.69) is 23.7 Å². The van der Waals surface area contributed by atoms with Gasteiger partial charge in [-0.2, -0.15) is 0 Å². The summed E-state index contributed by atoms with van der Waals surface area (Å²) in [4.78, 5) is 1.36. The van der Waals surface area contributed by atoms with Gasteiger partial charge in [0.25, 0.3) is 0 Å². The third kappa shape index (κ3) is 5.96. The predicted octanol–water partition coefficient (Wildman–Crippen LogP) is 2.58. The minimum Gasteiger partial charge on any atom is -0.389 e. The number of hydrogen-bond acceptors (Lipinski definition) is 4. The second-order valence-electron chi connectivity index (χ2n) is 5.43. The quantitative estimate of drug-likeness (QED) is 0.801. The number of ether oxygens (including phenoxy) is 1. The van der Waals surface area contributed by atoms with Gasteiger partial charge < -0.3 is 15.2 Å². The molecule has 2 N–H and O–H groups in total. The second-order valence-corrected chi connectivity index (χ2v) is 6.43. The topological polar surface area (TPSA) is 41.5 Å². The Hall–Kier alpha value is -0.420. The Balaban J connectivity index is 2.21. The zero-order chi connectivity index (χ0) is 13.6. The largest absolute Gasteiger partial charge is 0.389 e. The fourth-order valence-corrected chi connectivity index (χ4v) is 2.54. The molecule has 1 rings (SSSR count). The number of aliphatic hydroxyl groups excluding tert-OH is 1. The summed E-state index contributed by atoms with van der Waals surface area (Å²) in [5.41, 5.74) is 1.21. The van der Waals surface area contributed by atoms with Crippen molar-refractivity contribution < 1.29 is 9.84 Å². The van der Waals surface area contributed by atoms with Crippen LogP contribution < -0.4 is 5.32 Å². The molecule has 0 bridgehead atoms. The van der Waals surface area contributed by atoms with Gasteiger partial charge in [-0.15, -0.1) is 11.3 Å².